The molecule has 1 atom stereocenters. The Kier molecular flexibility index (Phi) is 1.42. The molecule has 9 heavy (non-hydrogen) atoms. The molecular formula is C5H8F3N. The average molecular weight is 139 g/mol. The van der Waals surface area contributed by atoms with Crippen LogP contribution < -0.4 is 0 Å². The third-order valence-corrected chi connectivity index (χ3v) is 1.60. The molecule has 1 heterocycles. The van der Waals surface area contributed by atoms with Crippen molar-refractivity contribution in [2.24, 2.45) is 0 Å². The predicted molar refractivity (Wildman–Crippen MR) is 27.1 cm³/mol. The Bertz CT molecular complexity index is 103. The highest BCUT2D eigenvalue weighted by Gasteiger charge is 2.49. The van der Waals surface area contributed by atoms with Crippen molar-refractivity contribution in [3.05, 3.63) is 0 Å². The van der Waals surface area contributed by atoms with Gasteiger partial charge >= 0.3 is 6.05 Å². The second-order valence-electron chi connectivity index (χ2n) is 2.27. The lowest BCUT2D eigenvalue weighted by molar-refractivity contribution is -0.144. The second-order valence-corrected chi connectivity index (χ2v) is 2.27. The Morgan fingerprint density at radius 2 is 2.11 bits per heavy atom. The number of rotatable bonds is 0. The predicted octanol–water partition coefficient (Wildman–Crippen LogP) is 1.25. The Hall–Kier alpha value is -0.250. The molecular weight excluding hydrogens is 131 g/mol. The SMILES string of the molecule is CN1CCC(F)C1(F)F. The van der Waals surface area contributed by atoms with Crippen LogP contribution in [0.2, 0.25) is 0 Å². The molecule has 0 N–H and O–H groups in total. The molecule has 0 aromatic carbocycles. The lowest BCUT2D eigenvalue weighted by atomic mass is 10.3. The van der Waals surface area contributed by atoms with Gasteiger partial charge in [-0.25, -0.2) is 9.29 Å². The molecule has 0 saturated carbocycles. The van der Waals surface area contributed by atoms with Crippen LogP contribution in [-0.4, -0.2) is 30.7 Å². The summed E-state index contributed by atoms with van der Waals surface area (Å²) in [4.78, 5) is 0.734. The van der Waals surface area contributed by atoms with E-state index in [1.54, 1.807) is 0 Å². The summed E-state index contributed by atoms with van der Waals surface area (Å²) in [6, 6.07) is -3.22. The highest BCUT2D eigenvalue weighted by Crippen LogP contribution is 2.32. The maximum atomic E-state index is 12.3. The standard InChI is InChI=1S/C5H8F3N/c1-9-3-2-4(6)5(9,7)8/h4H,2-3H2,1H3. The molecule has 0 aromatic heterocycles. The van der Waals surface area contributed by atoms with E-state index in [1.807, 2.05) is 0 Å². The van der Waals surface area contributed by atoms with Crippen LogP contribution >= 0.6 is 0 Å². The van der Waals surface area contributed by atoms with Crippen LogP contribution in [0.5, 0.6) is 0 Å². The van der Waals surface area contributed by atoms with E-state index in [4.69, 9.17) is 0 Å². The van der Waals surface area contributed by atoms with Crippen LogP contribution in [0.25, 0.3) is 0 Å². The quantitative estimate of drug-likeness (QED) is 0.456. The van der Waals surface area contributed by atoms with Crippen molar-refractivity contribution in [3.8, 4) is 0 Å². The molecule has 1 rings (SSSR count). The van der Waals surface area contributed by atoms with E-state index in [0.29, 0.717) is 0 Å². The Morgan fingerprint density at radius 1 is 1.56 bits per heavy atom. The number of alkyl halides is 3. The van der Waals surface area contributed by atoms with E-state index < -0.39 is 12.2 Å². The largest absolute Gasteiger partial charge is 0.335 e. The smallest absolute Gasteiger partial charge is 0.245 e. The first-order chi connectivity index (χ1) is 4.05. The van der Waals surface area contributed by atoms with E-state index in [0.717, 1.165) is 4.90 Å². The van der Waals surface area contributed by atoms with Gasteiger partial charge in [0.1, 0.15) is 0 Å². The van der Waals surface area contributed by atoms with E-state index in [9.17, 15) is 13.2 Å². The maximum absolute atomic E-state index is 12.3. The van der Waals surface area contributed by atoms with Crippen molar-refractivity contribution in [2.45, 2.75) is 18.6 Å². The highest BCUT2D eigenvalue weighted by molar-refractivity contribution is 4.83. The molecule has 1 fully saturated rings. The topological polar surface area (TPSA) is 3.24 Å². The summed E-state index contributed by atoms with van der Waals surface area (Å²) >= 11 is 0. The van der Waals surface area contributed by atoms with Gasteiger partial charge in [0.2, 0.25) is 0 Å². The van der Waals surface area contributed by atoms with Gasteiger partial charge in [-0.15, -0.1) is 0 Å². The zero-order valence-electron chi connectivity index (χ0n) is 5.07. The maximum Gasteiger partial charge on any atom is 0.335 e. The Morgan fingerprint density at radius 3 is 2.22 bits per heavy atom. The summed E-state index contributed by atoms with van der Waals surface area (Å²) in [5, 5.41) is 0. The summed E-state index contributed by atoms with van der Waals surface area (Å²) in [7, 11) is 1.22. The molecule has 1 saturated heterocycles. The lowest BCUT2D eigenvalue weighted by Crippen LogP contribution is -2.37. The summed E-state index contributed by atoms with van der Waals surface area (Å²) in [6.45, 7) is 0.147. The first-order valence-electron chi connectivity index (χ1n) is 2.78. The van der Waals surface area contributed by atoms with Crippen molar-refractivity contribution in [1.82, 2.24) is 4.90 Å². The first-order valence-corrected chi connectivity index (χ1v) is 2.78. The third kappa shape index (κ3) is 0.913. The van der Waals surface area contributed by atoms with Crippen LogP contribution in [-0.2, 0) is 0 Å². The molecule has 0 aromatic rings. The van der Waals surface area contributed by atoms with Crippen LogP contribution in [0.1, 0.15) is 6.42 Å². The number of nitrogens with zero attached hydrogens (tertiary/aromatic N) is 1. The van der Waals surface area contributed by atoms with Gasteiger partial charge in [0.05, 0.1) is 0 Å². The third-order valence-electron chi connectivity index (χ3n) is 1.60. The van der Waals surface area contributed by atoms with Crippen molar-refractivity contribution in [1.29, 1.82) is 0 Å². The van der Waals surface area contributed by atoms with Crippen molar-refractivity contribution in [2.75, 3.05) is 13.6 Å². The van der Waals surface area contributed by atoms with Gasteiger partial charge in [-0.05, 0) is 13.5 Å². The van der Waals surface area contributed by atoms with E-state index in [2.05, 4.69) is 0 Å². The first kappa shape index (κ1) is 6.86. The zero-order valence-corrected chi connectivity index (χ0v) is 5.07. The van der Waals surface area contributed by atoms with Crippen LogP contribution in [0, 0.1) is 0 Å². The minimum absolute atomic E-state index is 0.0521. The molecule has 1 aliphatic rings. The normalized spacial score (nSPS) is 35.3. The monoisotopic (exact) mass is 139 g/mol. The van der Waals surface area contributed by atoms with Gasteiger partial charge in [0, 0.05) is 6.54 Å². The highest BCUT2D eigenvalue weighted by atomic mass is 19.3. The molecule has 0 spiro atoms. The van der Waals surface area contributed by atoms with E-state index in [1.165, 1.54) is 7.05 Å². The minimum Gasteiger partial charge on any atom is -0.245 e. The Labute approximate surface area is 51.4 Å². The molecule has 0 aliphatic carbocycles. The molecule has 1 aliphatic heterocycles. The molecule has 4 heteroatoms. The van der Waals surface area contributed by atoms with Gasteiger partial charge in [-0.1, -0.05) is 0 Å². The van der Waals surface area contributed by atoms with E-state index in [-0.39, 0.29) is 13.0 Å². The molecule has 0 bridgehead atoms. The summed E-state index contributed by atoms with van der Waals surface area (Å²) in [6.07, 6.45) is -2.02. The van der Waals surface area contributed by atoms with Crippen LogP contribution in [0.4, 0.5) is 13.2 Å². The van der Waals surface area contributed by atoms with Gasteiger partial charge in [-0.2, -0.15) is 8.78 Å². The molecule has 54 valence electrons. The van der Waals surface area contributed by atoms with Crippen molar-refractivity contribution in [3.63, 3.8) is 0 Å². The van der Waals surface area contributed by atoms with Gasteiger partial charge in [0.25, 0.3) is 0 Å². The Balaban J connectivity index is 2.66. The number of hydrogen-bond donors (Lipinski definition) is 0. The van der Waals surface area contributed by atoms with Crippen molar-refractivity contribution < 1.29 is 13.2 Å². The summed E-state index contributed by atoms with van der Waals surface area (Å²) in [5.41, 5.74) is 0. The van der Waals surface area contributed by atoms with E-state index >= 15 is 0 Å². The summed E-state index contributed by atoms with van der Waals surface area (Å²) < 4.78 is 36.7. The molecule has 1 unspecified atom stereocenters. The van der Waals surface area contributed by atoms with Gasteiger partial charge < -0.3 is 0 Å². The fraction of sp³-hybridized carbons (Fsp3) is 1.00. The van der Waals surface area contributed by atoms with Gasteiger partial charge in [-0.3, -0.25) is 0 Å². The number of likely N-dealkylation sites (tertiary alicyclic amines) is 1. The zero-order chi connectivity index (χ0) is 7.07. The fourth-order valence-electron chi connectivity index (χ4n) is 0.869. The van der Waals surface area contributed by atoms with Crippen molar-refractivity contribution >= 4 is 0 Å². The summed E-state index contributed by atoms with van der Waals surface area (Å²) in [5.74, 6) is 0. The minimum atomic E-state index is -3.22. The lowest BCUT2D eigenvalue weighted by Gasteiger charge is -2.19. The van der Waals surface area contributed by atoms with Gasteiger partial charge in [0.15, 0.2) is 6.17 Å². The number of hydrogen-bond acceptors (Lipinski definition) is 1. The number of halogens is 3. The average Bonchev–Trinajstić information content (AvgIpc) is 1.96. The fourth-order valence-corrected chi connectivity index (χ4v) is 0.869. The molecule has 0 amide bonds. The molecule has 1 nitrogen and oxygen atoms in total. The van der Waals surface area contributed by atoms with Crippen LogP contribution in [0.3, 0.4) is 0 Å². The van der Waals surface area contributed by atoms with Crippen LogP contribution in [0.15, 0.2) is 0 Å². The second kappa shape index (κ2) is 1.87. The molecule has 0 radical (unpaired) electrons.